The van der Waals surface area contributed by atoms with E-state index in [4.69, 9.17) is 22.1 Å². The second-order valence-corrected chi connectivity index (χ2v) is 6.63. The summed E-state index contributed by atoms with van der Waals surface area (Å²) in [5.41, 5.74) is 9.12. The van der Waals surface area contributed by atoms with Crippen molar-refractivity contribution < 1.29 is 4.74 Å². The Bertz CT molecular complexity index is 595. The molecule has 2 rings (SSSR count). The smallest absolute Gasteiger partial charge is 0.119 e. The molecular weight excluding hydrogens is 302 g/mol. The van der Waals surface area contributed by atoms with E-state index in [1.807, 2.05) is 12.1 Å². The van der Waals surface area contributed by atoms with Gasteiger partial charge in [-0.1, -0.05) is 17.7 Å². The summed E-state index contributed by atoms with van der Waals surface area (Å²) >= 11 is 7.62. The first-order valence-corrected chi connectivity index (χ1v) is 8.30. The van der Waals surface area contributed by atoms with Crippen LogP contribution in [0.3, 0.4) is 0 Å². The maximum atomic E-state index is 5.92. The quantitative estimate of drug-likeness (QED) is 0.456. The van der Waals surface area contributed by atoms with E-state index in [0.717, 1.165) is 28.5 Å². The number of aryl methyl sites for hydroxylation is 2. The lowest BCUT2D eigenvalue weighted by atomic mass is 10.1. The zero-order valence-electron chi connectivity index (χ0n) is 12.4. The third-order valence-corrected chi connectivity index (χ3v) is 4.39. The van der Waals surface area contributed by atoms with Crippen LogP contribution in [0.2, 0.25) is 5.02 Å². The van der Waals surface area contributed by atoms with E-state index in [2.05, 4.69) is 32.0 Å². The van der Waals surface area contributed by atoms with Gasteiger partial charge in [0, 0.05) is 21.4 Å². The minimum Gasteiger partial charge on any atom is -0.494 e. The predicted molar refractivity (Wildman–Crippen MR) is 92.6 cm³/mol. The fourth-order valence-electron chi connectivity index (χ4n) is 2.10. The Morgan fingerprint density at radius 3 is 2.48 bits per heavy atom. The number of thioether (sulfide) groups is 1. The van der Waals surface area contributed by atoms with Crippen molar-refractivity contribution in [2.75, 3.05) is 18.1 Å². The highest BCUT2D eigenvalue weighted by Crippen LogP contribution is 2.28. The molecule has 0 spiro atoms. The Labute approximate surface area is 135 Å². The highest BCUT2D eigenvalue weighted by Gasteiger charge is 2.01. The minimum atomic E-state index is 0.676. The maximum absolute atomic E-state index is 5.92. The van der Waals surface area contributed by atoms with Crippen molar-refractivity contribution >= 4 is 29.1 Å². The molecule has 0 aromatic heterocycles. The van der Waals surface area contributed by atoms with Gasteiger partial charge in [0.2, 0.25) is 0 Å². The molecule has 0 amide bonds. The van der Waals surface area contributed by atoms with Crippen LogP contribution in [0.5, 0.6) is 5.75 Å². The lowest BCUT2D eigenvalue weighted by Gasteiger charge is -2.09. The normalized spacial score (nSPS) is 10.6. The van der Waals surface area contributed by atoms with Crippen LogP contribution in [0.1, 0.15) is 17.5 Å². The molecule has 0 saturated carbocycles. The number of halogens is 1. The number of anilines is 1. The zero-order chi connectivity index (χ0) is 15.2. The zero-order valence-corrected chi connectivity index (χ0v) is 13.9. The van der Waals surface area contributed by atoms with Crippen LogP contribution in [-0.4, -0.2) is 12.4 Å². The maximum Gasteiger partial charge on any atom is 0.119 e. The molecule has 0 aliphatic heterocycles. The van der Waals surface area contributed by atoms with Crippen LogP contribution in [-0.2, 0) is 0 Å². The third kappa shape index (κ3) is 5.18. The molecule has 0 saturated heterocycles. The van der Waals surface area contributed by atoms with Crippen LogP contribution >= 0.6 is 23.4 Å². The Morgan fingerprint density at radius 1 is 1.10 bits per heavy atom. The Balaban J connectivity index is 1.75. The van der Waals surface area contributed by atoms with Crippen molar-refractivity contribution in [3.8, 4) is 5.75 Å². The van der Waals surface area contributed by atoms with Crippen molar-refractivity contribution in [2.24, 2.45) is 0 Å². The third-order valence-electron chi connectivity index (χ3n) is 2.98. The van der Waals surface area contributed by atoms with Gasteiger partial charge in [0.25, 0.3) is 0 Å². The van der Waals surface area contributed by atoms with Crippen LogP contribution in [0.15, 0.2) is 41.3 Å². The van der Waals surface area contributed by atoms with Gasteiger partial charge in [-0.3, -0.25) is 0 Å². The van der Waals surface area contributed by atoms with E-state index in [0.29, 0.717) is 11.6 Å². The van der Waals surface area contributed by atoms with Crippen molar-refractivity contribution in [3.63, 3.8) is 0 Å². The lowest BCUT2D eigenvalue weighted by Crippen LogP contribution is -1.99. The molecule has 0 bridgehead atoms. The summed E-state index contributed by atoms with van der Waals surface area (Å²) < 4.78 is 5.79. The predicted octanol–water partition coefficient (Wildman–Crippen LogP) is 5.10. The topological polar surface area (TPSA) is 35.2 Å². The lowest BCUT2D eigenvalue weighted by molar-refractivity contribution is 0.318. The largest absolute Gasteiger partial charge is 0.494 e. The van der Waals surface area contributed by atoms with Crippen LogP contribution in [0.4, 0.5) is 5.69 Å². The second kappa shape index (κ2) is 7.62. The van der Waals surface area contributed by atoms with Crippen LogP contribution in [0, 0.1) is 13.8 Å². The van der Waals surface area contributed by atoms with E-state index in [9.17, 15) is 0 Å². The van der Waals surface area contributed by atoms with Crippen molar-refractivity contribution in [1.82, 2.24) is 0 Å². The van der Waals surface area contributed by atoms with Gasteiger partial charge in [-0.15, -0.1) is 11.8 Å². The highest BCUT2D eigenvalue weighted by molar-refractivity contribution is 7.99. The highest BCUT2D eigenvalue weighted by atomic mass is 35.5. The van der Waals surface area contributed by atoms with E-state index in [1.54, 1.807) is 17.8 Å². The first kappa shape index (κ1) is 16.1. The van der Waals surface area contributed by atoms with Gasteiger partial charge in [-0.25, -0.2) is 0 Å². The molecular formula is C17H20ClNOS. The summed E-state index contributed by atoms with van der Waals surface area (Å²) in [7, 11) is 0. The number of ether oxygens (including phenoxy) is 1. The first-order chi connectivity index (χ1) is 10.0. The van der Waals surface area contributed by atoms with Gasteiger partial charge < -0.3 is 10.5 Å². The SMILES string of the molecule is Cc1cc(C)cc(OCCCSc2ccc(Cl)cc2N)c1. The van der Waals surface area contributed by atoms with E-state index in [-0.39, 0.29) is 0 Å². The van der Waals surface area contributed by atoms with Gasteiger partial charge in [-0.05, 0) is 61.7 Å². The average molecular weight is 322 g/mol. The molecule has 2 nitrogen and oxygen atoms in total. The van der Waals surface area contributed by atoms with Gasteiger partial charge in [0.15, 0.2) is 0 Å². The van der Waals surface area contributed by atoms with Crippen molar-refractivity contribution in [3.05, 3.63) is 52.5 Å². The van der Waals surface area contributed by atoms with Gasteiger partial charge >= 0.3 is 0 Å². The molecule has 2 aromatic rings. The number of hydrogen-bond donors (Lipinski definition) is 1. The molecule has 112 valence electrons. The molecule has 0 aliphatic rings. The van der Waals surface area contributed by atoms with Crippen LogP contribution in [0.25, 0.3) is 0 Å². The molecule has 2 N–H and O–H groups in total. The summed E-state index contributed by atoms with van der Waals surface area (Å²) in [6, 6.07) is 11.9. The fourth-order valence-corrected chi connectivity index (χ4v) is 3.15. The molecule has 0 aliphatic carbocycles. The van der Waals surface area contributed by atoms with E-state index < -0.39 is 0 Å². The molecule has 2 aromatic carbocycles. The fraction of sp³-hybridized carbons (Fsp3) is 0.294. The molecule has 0 unspecified atom stereocenters. The summed E-state index contributed by atoms with van der Waals surface area (Å²) in [4.78, 5) is 1.07. The molecule has 0 fully saturated rings. The van der Waals surface area contributed by atoms with Crippen molar-refractivity contribution in [2.45, 2.75) is 25.2 Å². The summed E-state index contributed by atoms with van der Waals surface area (Å²) in [5, 5.41) is 0.676. The summed E-state index contributed by atoms with van der Waals surface area (Å²) in [6.07, 6.45) is 0.972. The summed E-state index contributed by atoms with van der Waals surface area (Å²) in [5.74, 6) is 1.92. The first-order valence-electron chi connectivity index (χ1n) is 6.93. The molecule has 21 heavy (non-hydrogen) atoms. The minimum absolute atomic E-state index is 0.676. The molecule has 4 heteroatoms. The number of nitrogen functional groups attached to an aromatic ring is 1. The summed E-state index contributed by atoms with van der Waals surface area (Å²) in [6.45, 7) is 4.88. The average Bonchev–Trinajstić information content (AvgIpc) is 2.39. The molecule has 0 radical (unpaired) electrons. The molecule has 0 heterocycles. The van der Waals surface area contributed by atoms with E-state index >= 15 is 0 Å². The van der Waals surface area contributed by atoms with E-state index in [1.165, 1.54) is 11.1 Å². The standard InChI is InChI=1S/C17H20ClNOS/c1-12-8-13(2)10-15(9-12)20-6-3-7-21-17-5-4-14(18)11-16(17)19/h4-5,8-11H,3,6-7,19H2,1-2H3. The number of hydrogen-bond acceptors (Lipinski definition) is 3. The van der Waals surface area contributed by atoms with Gasteiger partial charge in [-0.2, -0.15) is 0 Å². The van der Waals surface area contributed by atoms with Crippen LogP contribution < -0.4 is 10.5 Å². The number of rotatable bonds is 6. The van der Waals surface area contributed by atoms with Crippen molar-refractivity contribution in [1.29, 1.82) is 0 Å². The van der Waals surface area contributed by atoms with Gasteiger partial charge in [0.05, 0.1) is 6.61 Å². The number of nitrogens with two attached hydrogens (primary N) is 1. The van der Waals surface area contributed by atoms with Gasteiger partial charge in [0.1, 0.15) is 5.75 Å². The Kier molecular flexibility index (Phi) is 5.83. The molecule has 0 atom stereocenters. The second-order valence-electron chi connectivity index (χ2n) is 5.06. The Morgan fingerprint density at radius 2 is 1.81 bits per heavy atom. The monoisotopic (exact) mass is 321 g/mol. The number of benzene rings is 2. The Hall–Kier alpha value is -1.32.